The van der Waals surface area contributed by atoms with Crippen LogP contribution in [0.15, 0.2) is 46.4 Å². The zero-order chi connectivity index (χ0) is 16.2. The molecule has 0 saturated carbocycles. The SMILES string of the molecule is Cl.Cl.NC(=NCc1ccc(C(F)(F)F)cc1)/N=C(/N)N1CC=CC1. The van der Waals surface area contributed by atoms with Crippen molar-refractivity contribution in [3.8, 4) is 0 Å². The molecule has 1 heterocycles. The molecule has 0 aliphatic carbocycles. The van der Waals surface area contributed by atoms with Crippen LogP contribution in [-0.2, 0) is 12.7 Å². The first kappa shape index (κ1) is 22.1. The van der Waals surface area contributed by atoms with Gasteiger partial charge in [-0.3, -0.25) is 0 Å². The number of alkyl halides is 3. The minimum absolute atomic E-state index is 0. The number of hydrogen-bond donors (Lipinski definition) is 2. The first-order valence-corrected chi connectivity index (χ1v) is 6.56. The van der Waals surface area contributed by atoms with E-state index >= 15 is 0 Å². The standard InChI is InChI=1S/C14H16F3N5.2ClH/c15-14(16,17)11-5-3-10(4-6-11)9-20-12(18)21-13(19)22-7-1-2-8-22;;/h1-6H,7-9H2,(H4,18,19,20,21);2*1H. The lowest BCUT2D eigenvalue weighted by molar-refractivity contribution is -0.137. The molecule has 2 rings (SSSR count). The van der Waals surface area contributed by atoms with Gasteiger partial charge in [0.25, 0.3) is 0 Å². The average molecular weight is 384 g/mol. The Morgan fingerprint density at radius 3 is 2.08 bits per heavy atom. The molecule has 134 valence electrons. The molecule has 5 nitrogen and oxygen atoms in total. The van der Waals surface area contributed by atoms with E-state index in [4.69, 9.17) is 11.5 Å². The summed E-state index contributed by atoms with van der Waals surface area (Å²) in [4.78, 5) is 9.76. The van der Waals surface area contributed by atoms with E-state index in [-0.39, 0.29) is 43.3 Å². The van der Waals surface area contributed by atoms with Crippen molar-refractivity contribution in [1.82, 2.24) is 4.90 Å². The van der Waals surface area contributed by atoms with Crippen LogP contribution >= 0.6 is 24.8 Å². The smallest absolute Gasteiger partial charge is 0.369 e. The maximum Gasteiger partial charge on any atom is 0.416 e. The highest BCUT2D eigenvalue weighted by atomic mass is 35.5. The molecular weight excluding hydrogens is 366 g/mol. The van der Waals surface area contributed by atoms with Gasteiger partial charge in [-0.25, -0.2) is 4.99 Å². The summed E-state index contributed by atoms with van der Waals surface area (Å²) >= 11 is 0. The number of halogens is 5. The van der Waals surface area contributed by atoms with Crippen LogP contribution in [0.2, 0.25) is 0 Å². The van der Waals surface area contributed by atoms with Crippen molar-refractivity contribution in [3.05, 3.63) is 47.5 Å². The molecule has 0 amide bonds. The van der Waals surface area contributed by atoms with Crippen molar-refractivity contribution in [3.63, 3.8) is 0 Å². The quantitative estimate of drug-likeness (QED) is 0.467. The van der Waals surface area contributed by atoms with Gasteiger partial charge >= 0.3 is 6.18 Å². The van der Waals surface area contributed by atoms with Crippen molar-refractivity contribution in [1.29, 1.82) is 0 Å². The second-order valence-corrected chi connectivity index (χ2v) is 4.72. The molecule has 0 radical (unpaired) electrons. The van der Waals surface area contributed by atoms with Crippen molar-refractivity contribution < 1.29 is 13.2 Å². The van der Waals surface area contributed by atoms with Crippen LogP contribution < -0.4 is 11.5 Å². The van der Waals surface area contributed by atoms with Crippen molar-refractivity contribution in [2.45, 2.75) is 12.7 Å². The summed E-state index contributed by atoms with van der Waals surface area (Å²) in [7, 11) is 0. The molecule has 0 spiro atoms. The number of hydrogen-bond acceptors (Lipinski definition) is 1. The van der Waals surface area contributed by atoms with Gasteiger partial charge in [0.2, 0.25) is 5.96 Å². The zero-order valence-corrected chi connectivity index (χ0v) is 14.2. The predicted molar refractivity (Wildman–Crippen MR) is 93.6 cm³/mol. The fourth-order valence-corrected chi connectivity index (χ4v) is 1.86. The highest BCUT2D eigenvalue weighted by Crippen LogP contribution is 2.29. The number of benzene rings is 1. The van der Waals surface area contributed by atoms with Crippen LogP contribution in [0.4, 0.5) is 13.2 Å². The number of rotatable bonds is 2. The number of guanidine groups is 2. The largest absolute Gasteiger partial charge is 0.416 e. The van der Waals surface area contributed by atoms with Gasteiger partial charge in [-0.2, -0.15) is 18.2 Å². The third kappa shape index (κ3) is 6.29. The summed E-state index contributed by atoms with van der Waals surface area (Å²) in [6.07, 6.45) is -0.431. The number of nitrogens with two attached hydrogens (primary N) is 2. The molecule has 1 aliphatic rings. The molecule has 0 unspecified atom stereocenters. The first-order valence-electron chi connectivity index (χ1n) is 6.56. The van der Waals surface area contributed by atoms with Crippen LogP contribution in [0.1, 0.15) is 11.1 Å². The van der Waals surface area contributed by atoms with Gasteiger partial charge in [0.05, 0.1) is 12.1 Å². The fourth-order valence-electron chi connectivity index (χ4n) is 1.86. The van der Waals surface area contributed by atoms with E-state index < -0.39 is 11.7 Å². The summed E-state index contributed by atoms with van der Waals surface area (Å²) in [6.45, 7) is 1.47. The molecular formula is C14H18Cl2F3N5. The lowest BCUT2D eigenvalue weighted by Gasteiger charge is -2.15. The minimum Gasteiger partial charge on any atom is -0.369 e. The van der Waals surface area contributed by atoms with Crippen LogP contribution in [-0.4, -0.2) is 29.9 Å². The first-order chi connectivity index (χ1) is 10.4. The Kier molecular flexibility index (Phi) is 8.63. The third-order valence-corrected chi connectivity index (χ3v) is 3.08. The van der Waals surface area contributed by atoms with Gasteiger partial charge in [0.1, 0.15) is 0 Å². The Labute approximate surface area is 150 Å². The van der Waals surface area contributed by atoms with E-state index in [0.29, 0.717) is 18.7 Å². The Morgan fingerprint density at radius 2 is 1.58 bits per heavy atom. The van der Waals surface area contributed by atoms with Gasteiger partial charge in [0.15, 0.2) is 5.96 Å². The molecule has 0 aromatic heterocycles. The second kappa shape index (κ2) is 9.39. The van der Waals surface area contributed by atoms with E-state index in [1.54, 1.807) is 4.90 Å². The minimum atomic E-state index is -4.34. The van der Waals surface area contributed by atoms with Crippen LogP contribution in [0, 0.1) is 0 Å². The Balaban J connectivity index is 0.00000264. The summed E-state index contributed by atoms with van der Waals surface area (Å²) in [5.41, 5.74) is 11.3. The van der Waals surface area contributed by atoms with Gasteiger partial charge in [-0.15, -0.1) is 24.8 Å². The van der Waals surface area contributed by atoms with Gasteiger partial charge in [-0.1, -0.05) is 24.3 Å². The van der Waals surface area contributed by atoms with E-state index in [9.17, 15) is 13.2 Å². The Bertz CT molecular complexity index is 604. The van der Waals surface area contributed by atoms with Gasteiger partial charge < -0.3 is 16.4 Å². The maximum absolute atomic E-state index is 12.4. The molecule has 1 aromatic rings. The zero-order valence-electron chi connectivity index (χ0n) is 12.5. The number of aliphatic imine (C=N–C) groups is 2. The molecule has 24 heavy (non-hydrogen) atoms. The molecule has 1 aliphatic heterocycles. The van der Waals surface area contributed by atoms with Gasteiger partial charge in [-0.05, 0) is 17.7 Å². The molecule has 0 saturated heterocycles. The third-order valence-electron chi connectivity index (χ3n) is 3.08. The summed E-state index contributed by atoms with van der Waals surface area (Å²) in [5, 5.41) is 0. The van der Waals surface area contributed by atoms with E-state index in [1.807, 2.05) is 12.2 Å². The van der Waals surface area contributed by atoms with E-state index in [1.165, 1.54) is 12.1 Å². The normalized spacial score (nSPS) is 15.0. The topological polar surface area (TPSA) is 80.0 Å². The second-order valence-electron chi connectivity index (χ2n) is 4.72. The van der Waals surface area contributed by atoms with E-state index in [0.717, 1.165) is 12.1 Å². The Hall–Kier alpha value is -1.93. The molecule has 0 fully saturated rings. The lowest BCUT2D eigenvalue weighted by Crippen LogP contribution is -2.36. The molecule has 10 heteroatoms. The van der Waals surface area contributed by atoms with Crippen LogP contribution in [0.5, 0.6) is 0 Å². The lowest BCUT2D eigenvalue weighted by atomic mass is 10.1. The average Bonchev–Trinajstić information content (AvgIpc) is 2.99. The fraction of sp³-hybridized carbons (Fsp3) is 0.286. The Morgan fingerprint density at radius 1 is 1.04 bits per heavy atom. The van der Waals surface area contributed by atoms with Crippen molar-refractivity contribution >= 4 is 36.7 Å². The molecule has 4 N–H and O–H groups in total. The van der Waals surface area contributed by atoms with Crippen molar-refractivity contribution in [2.24, 2.45) is 21.5 Å². The van der Waals surface area contributed by atoms with Crippen LogP contribution in [0.3, 0.4) is 0 Å². The molecule has 0 bridgehead atoms. The predicted octanol–water partition coefficient (Wildman–Crippen LogP) is 2.55. The molecule has 0 atom stereocenters. The summed E-state index contributed by atoms with van der Waals surface area (Å²) < 4.78 is 37.3. The highest BCUT2D eigenvalue weighted by molar-refractivity contribution is 5.93. The van der Waals surface area contributed by atoms with Crippen LogP contribution in [0.25, 0.3) is 0 Å². The van der Waals surface area contributed by atoms with E-state index in [2.05, 4.69) is 9.98 Å². The van der Waals surface area contributed by atoms with Crippen molar-refractivity contribution in [2.75, 3.05) is 13.1 Å². The highest BCUT2D eigenvalue weighted by Gasteiger charge is 2.29. The molecule has 1 aromatic carbocycles. The number of nitrogens with zero attached hydrogens (tertiary/aromatic N) is 3. The monoisotopic (exact) mass is 383 g/mol. The summed E-state index contributed by atoms with van der Waals surface area (Å²) in [6, 6.07) is 4.73. The summed E-state index contributed by atoms with van der Waals surface area (Å²) in [5.74, 6) is 0.253. The maximum atomic E-state index is 12.4. The van der Waals surface area contributed by atoms with Gasteiger partial charge in [0, 0.05) is 13.1 Å².